The summed E-state index contributed by atoms with van der Waals surface area (Å²) in [6, 6.07) is 0. The standard InChI is InChI=1S/C32H54O12S/c1-16(2)24(44-45(39,40)41)7-6-17(3)19-13-21(33)28-31(19,5)11-9-25-30(4)10-8-18(12-20(30)22(34)14-32(25,28)38)43-29-27(37)26(36)23(35)15-42-29/h12,16-19,21-29,33-38H,6-11,13-15H2,1-5H3,(H,39,40,41)/t17-,18?,19-,21?,22?,23-,24?,25-,26+,27-,28-,29+,30+,31-,32+/m1/s1. The zero-order valence-corrected chi connectivity index (χ0v) is 27.8. The third-order valence-corrected chi connectivity index (χ3v) is 13.0. The molecule has 4 aliphatic carbocycles. The van der Waals surface area contributed by atoms with Crippen LogP contribution in [0.5, 0.6) is 0 Å². The quantitative estimate of drug-likeness (QED) is 0.139. The molecule has 7 N–H and O–H groups in total. The van der Waals surface area contributed by atoms with Crippen LogP contribution in [0.4, 0.5) is 0 Å². The fraction of sp³-hybridized carbons (Fsp3) is 0.938. The molecule has 5 aliphatic rings. The zero-order valence-electron chi connectivity index (χ0n) is 27.0. The fourth-order valence-electron chi connectivity index (χ4n) is 10.3. The van der Waals surface area contributed by atoms with Gasteiger partial charge < -0.3 is 40.1 Å². The van der Waals surface area contributed by atoms with Gasteiger partial charge in [-0.1, -0.05) is 40.7 Å². The molecule has 15 atom stereocenters. The normalized spacial score (nSPS) is 48.2. The molecule has 0 aromatic rings. The maximum absolute atomic E-state index is 12.6. The molecule has 0 amide bonds. The number of aliphatic hydroxyl groups excluding tert-OH is 5. The topological polar surface area (TPSA) is 203 Å². The van der Waals surface area contributed by atoms with Crippen LogP contribution in [0.1, 0.15) is 86.0 Å². The van der Waals surface area contributed by atoms with Gasteiger partial charge in [-0.3, -0.25) is 4.55 Å². The molecule has 1 aliphatic heterocycles. The summed E-state index contributed by atoms with van der Waals surface area (Å²) in [5.41, 5.74) is -1.48. The Balaban J connectivity index is 1.33. The Kier molecular flexibility index (Phi) is 9.99. The van der Waals surface area contributed by atoms with Crippen molar-refractivity contribution >= 4 is 10.4 Å². The minimum Gasteiger partial charge on any atom is -0.393 e. The van der Waals surface area contributed by atoms with E-state index in [2.05, 4.69) is 20.8 Å². The SMILES string of the molecule is CC(C)C(CC[C@@H](C)[C@H]1CC(O)[C@@H]2[C@]1(C)CC[C@H]1[C@@]2(O)CC(O)C2=CC(O[C@@H]3OC[C@@H](O)[C@H](O)[C@H]3O)CC[C@@]21C)OS(=O)(=O)O. The first-order valence-electron chi connectivity index (χ1n) is 16.6. The predicted octanol–water partition coefficient (Wildman–Crippen LogP) is 1.71. The third-order valence-electron chi connectivity index (χ3n) is 12.5. The predicted molar refractivity (Wildman–Crippen MR) is 162 cm³/mol. The van der Waals surface area contributed by atoms with Crippen molar-refractivity contribution in [2.45, 2.75) is 141 Å². The summed E-state index contributed by atoms with van der Waals surface area (Å²) in [6.07, 6.45) is -1.88. The summed E-state index contributed by atoms with van der Waals surface area (Å²) in [5, 5.41) is 66.0. The van der Waals surface area contributed by atoms with Crippen molar-refractivity contribution in [3.63, 3.8) is 0 Å². The van der Waals surface area contributed by atoms with E-state index in [9.17, 15) is 43.6 Å². The van der Waals surface area contributed by atoms with Crippen LogP contribution >= 0.6 is 0 Å². The second kappa shape index (κ2) is 12.6. The van der Waals surface area contributed by atoms with Crippen LogP contribution in [0.15, 0.2) is 11.6 Å². The van der Waals surface area contributed by atoms with E-state index in [1.165, 1.54) is 0 Å². The number of aliphatic hydroxyl groups is 6. The van der Waals surface area contributed by atoms with Crippen LogP contribution in [0.2, 0.25) is 0 Å². The molecule has 12 nitrogen and oxygen atoms in total. The first-order chi connectivity index (χ1) is 20.8. The molecule has 0 spiro atoms. The van der Waals surface area contributed by atoms with Gasteiger partial charge in [-0.25, -0.2) is 4.18 Å². The van der Waals surface area contributed by atoms with Gasteiger partial charge in [0.05, 0.1) is 36.6 Å². The Morgan fingerprint density at radius 2 is 1.69 bits per heavy atom. The van der Waals surface area contributed by atoms with E-state index in [1.807, 2.05) is 19.9 Å². The minimum atomic E-state index is -4.58. The first kappa shape index (κ1) is 35.6. The molecule has 1 saturated heterocycles. The van der Waals surface area contributed by atoms with Crippen LogP contribution in [0.25, 0.3) is 0 Å². The van der Waals surface area contributed by atoms with Crippen molar-refractivity contribution in [2.24, 2.45) is 40.4 Å². The van der Waals surface area contributed by atoms with Crippen LogP contribution in [0.3, 0.4) is 0 Å². The lowest BCUT2D eigenvalue weighted by Crippen LogP contribution is -2.66. The van der Waals surface area contributed by atoms with Crippen molar-refractivity contribution in [3.8, 4) is 0 Å². The zero-order chi connectivity index (χ0) is 33.3. The summed E-state index contributed by atoms with van der Waals surface area (Å²) < 4.78 is 48.4. The first-order valence-corrected chi connectivity index (χ1v) is 18.0. The second-order valence-corrected chi connectivity index (χ2v) is 16.6. The summed E-state index contributed by atoms with van der Waals surface area (Å²) in [6.45, 7) is 9.83. The van der Waals surface area contributed by atoms with E-state index in [0.29, 0.717) is 38.5 Å². The van der Waals surface area contributed by atoms with Gasteiger partial charge in [0.15, 0.2) is 6.29 Å². The highest BCUT2D eigenvalue weighted by molar-refractivity contribution is 7.80. The highest BCUT2D eigenvalue weighted by atomic mass is 32.3. The molecule has 0 aromatic carbocycles. The van der Waals surface area contributed by atoms with Crippen molar-refractivity contribution in [2.75, 3.05) is 6.61 Å². The lowest BCUT2D eigenvalue weighted by molar-refractivity contribution is -0.280. The molecule has 45 heavy (non-hydrogen) atoms. The average Bonchev–Trinajstić information content (AvgIpc) is 3.22. The molecule has 0 bridgehead atoms. The lowest BCUT2D eigenvalue weighted by atomic mass is 9.43. The molecule has 1 heterocycles. The third kappa shape index (κ3) is 6.41. The largest absolute Gasteiger partial charge is 0.397 e. The smallest absolute Gasteiger partial charge is 0.393 e. The number of rotatable bonds is 9. The highest BCUT2D eigenvalue weighted by Crippen LogP contribution is 2.69. The van der Waals surface area contributed by atoms with Crippen molar-refractivity contribution in [3.05, 3.63) is 11.6 Å². The fourth-order valence-corrected chi connectivity index (χ4v) is 11.0. The molecule has 5 rings (SSSR count). The van der Waals surface area contributed by atoms with Crippen molar-refractivity contribution in [1.82, 2.24) is 0 Å². The van der Waals surface area contributed by atoms with E-state index >= 15 is 0 Å². The van der Waals surface area contributed by atoms with Gasteiger partial charge in [0, 0.05) is 12.3 Å². The summed E-state index contributed by atoms with van der Waals surface area (Å²) in [7, 11) is -4.58. The molecular formula is C32H54O12S. The van der Waals surface area contributed by atoms with Gasteiger partial charge in [-0.2, -0.15) is 8.42 Å². The van der Waals surface area contributed by atoms with Crippen LogP contribution < -0.4 is 0 Å². The molecule has 4 fully saturated rings. The van der Waals surface area contributed by atoms with E-state index in [4.69, 9.17) is 13.7 Å². The van der Waals surface area contributed by atoms with Gasteiger partial charge in [0.2, 0.25) is 0 Å². The Morgan fingerprint density at radius 1 is 1.00 bits per heavy atom. The molecule has 260 valence electrons. The van der Waals surface area contributed by atoms with Crippen LogP contribution in [-0.2, 0) is 24.1 Å². The summed E-state index contributed by atoms with van der Waals surface area (Å²) in [5.74, 6) is -0.635. The number of hydrogen-bond acceptors (Lipinski definition) is 11. The van der Waals surface area contributed by atoms with Crippen molar-refractivity contribution < 1.29 is 57.3 Å². The molecule has 0 aromatic heterocycles. The number of fused-ring (bicyclic) bond motifs is 5. The van der Waals surface area contributed by atoms with Crippen molar-refractivity contribution in [1.29, 1.82) is 0 Å². The monoisotopic (exact) mass is 662 g/mol. The Morgan fingerprint density at radius 3 is 2.33 bits per heavy atom. The maximum atomic E-state index is 12.6. The molecule has 0 radical (unpaired) electrons. The van der Waals surface area contributed by atoms with Gasteiger partial charge in [0.25, 0.3) is 0 Å². The minimum absolute atomic E-state index is 0.0582. The second-order valence-electron chi connectivity index (χ2n) is 15.6. The molecule has 13 heteroatoms. The van der Waals surface area contributed by atoms with Gasteiger partial charge >= 0.3 is 10.4 Å². The number of hydrogen-bond donors (Lipinski definition) is 7. The molecule has 3 saturated carbocycles. The lowest BCUT2D eigenvalue weighted by Gasteiger charge is -2.64. The maximum Gasteiger partial charge on any atom is 0.397 e. The average molecular weight is 663 g/mol. The molecule has 4 unspecified atom stereocenters. The van der Waals surface area contributed by atoms with Gasteiger partial charge in [-0.15, -0.1) is 0 Å². The van der Waals surface area contributed by atoms with E-state index < -0.39 is 81.8 Å². The number of ether oxygens (including phenoxy) is 2. The Hall–Kier alpha value is -0.710. The highest BCUT2D eigenvalue weighted by Gasteiger charge is 2.69. The van der Waals surface area contributed by atoms with E-state index in [0.717, 1.165) is 12.0 Å². The molecular weight excluding hydrogens is 608 g/mol. The van der Waals surface area contributed by atoms with Gasteiger partial charge in [-0.05, 0) is 85.0 Å². The summed E-state index contributed by atoms with van der Waals surface area (Å²) >= 11 is 0. The van der Waals surface area contributed by atoms with Gasteiger partial charge in [0.1, 0.15) is 18.3 Å². The Labute approximate surface area is 266 Å². The Bertz CT molecular complexity index is 1210. The van der Waals surface area contributed by atoms with E-state index in [1.54, 1.807) is 0 Å². The van der Waals surface area contributed by atoms with Crippen LogP contribution in [-0.4, -0.2) is 105 Å². The van der Waals surface area contributed by atoms with Crippen LogP contribution in [0, 0.1) is 40.4 Å². The summed E-state index contributed by atoms with van der Waals surface area (Å²) in [4.78, 5) is 0. The van der Waals surface area contributed by atoms with E-state index in [-0.39, 0.29) is 36.7 Å².